The van der Waals surface area contributed by atoms with Crippen molar-refractivity contribution in [2.75, 3.05) is 11.9 Å². The fourth-order valence-corrected chi connectivity index (χ4v) is 1.60. The number of nitrogens with one attached hydrogen (secondary N) is 1. The number of nitrogens with two attached hydrogens (primary N) is 1. The number of aromatic nitrogens is 2. The summed E-state index contributed by atoms with van der Waals surface area (Å²) >= 11 is 0. The summed E-state index contributed by atoms with van der Waals surface area (Å²) in [6.45, 7) is 4.45. The van der Waals surface area contributed by atoms with E-state index in [1.54, 1.807) is 18.2 Å². The molecule has 0 atom stereocenters. The van der Waals surface area contributed by atoms with Gasteiger partial charge in [0, 0.05) is 17.6 Å². The molecule has 19 heavy (non-hydrogen) atoms. The van der Waals surface area contributed by atoms with Gasteiger partial charge in [-0.1, -0.05) is 12.1 Å². The van der Waals surface area contributed by atoms with Crippen LogP contribution in [0.15, 0.2) is 36.4 Å². The summed E-state index contributed by atoms with van der Waals surface area (Å²) in [5, 5.41) is 11.4. The van der Waals surface area contributed by atoms with E-state index >= 15 is 0 Å². The Bertz CT molecular complexity index is 552. The summed E-state index contributed by atoms with van der Waals surface area (Å²) in [5.41, 5.74) is 6.74. The first-order chi connectivity index (χ1) is 9.00. The Labute approximate surface area is 111 Å². The molecule has 1 aromatic heterocycles. The predicted octanol–water partition coefficient (Wildman–Crippen LogP) is 2.43. The summed E-state index contributed by atoms with van der Waals surface area (Å²) in [6.07, 6.45) is 0. The van der Waals surface area contributed by atoms with E-state index in [9.17, 15) is 4.39 Å². The Kier molecular flexibility index (Phi) is 3.76. The van der Waals surface area contributed by atoms with Crippen LogP contribution in [0.3, 0.4) is 0 Å². The van der Waals surface area contributed by atoms with E-state index in [1.807, 2.05) is 19.9 Å². The summed E-state index contributed by atoms with van der Waals surface area (Å²) in [4.78, 5) is 0. The van der Waals surface area contributed by atoms with Crippen molar-refractivity contribution in [1.29, 1.82) is 0 Å². The Morgan fingerprint density at radius 1 is 1.21 bits per heavy atom. The Morgan fingerprint density at radius 3 is 2.58 bits per heavy atom. The van der Waals surface area contributed by atoms with Gasteiger partial charge in [-0.2, -0.15) is 0 Å². The maximum atomic E-state index is 13.1. The highest BCUT2D eigenvalue weighted by atomic mass is 19.1. The first kappa shape index (κ1) is 13.4. The molecule has 0 aliphatic carbocycles. The summed E-state index contributed by atoms with van der Waals surface area (Å²) in [5.74, 6) is 0.362. The maximum Gasteiger partial charge on any atom is 0.149 e. The van der Waals surface area contributed by atoms with Crippen LogP contribution in [0.1, 0.15) is 13.8 Å². The van der Waals surface area contributed by atoms with Gasteiger partial charge in [0.25, 0.3) is 0 Å². The van der Waals surface area contributed by atoms with Crippen molar-refractivity contribution in [2.45, 2.75) is 19.4 Å². The van der Waals surface area contributed by atoms with E-state index < -0.39 is 0 Å². The van der Waals surface area contributed by atoms with Crippen molar-refractivity contribution in [3.05, 3.63) is 42.2 Å². The number of anilines is 1. The number of hydrogen-bond acceptors (Lipinski definition) is 4. The van der Waals surface area contributed by atoms with Crippen LogP contribution in [-0.4, -0.2) is 22.3 Å². The molecule has 0 saturated heterocycles. The van der Waals surface area contributed by atoms with Gasteiger partial charge < -0.3 is 11.1 Å². The van der Waals surface area contributed by atoms with Crippen LogP contribution in [0.25, 0.3) is 11.3 Å². The monoisotopic (exact) mass is 260 g/mol. The molecule has 5 heteroatoms. The molecule has 1 aromatic carbocycles. The highest BCUT2D eigenvalue weighted by molar-refractivity contribution is 5.59. The summed E-state index contributed by atoms with van der Waals surface area (Å²) in [7, 11) is 0. The fourth-order valence-electron chi connectivity index (χ4n) is 1.60. The van der Waals surface area contributed by atoms with Crippen LogP contribution in [0.5, 0.6) is 0 Å². The molecule has 4 nitrogen and oxygen atoms in total. The van der Waals surface area contributed by atoms with Crippen molar-refractivity contribution in [2.24, 2.45) is 5.73 Å². The Balaban J connectivity index is 2.19. The predicted molar refractivity (Wildman–Crippen MR) is 74.2 cm³/mol. The van der Waals surface area contributed by atoms with Gasteiger partial charge in [0.1, 0.15) is 11.6 Å². The quantitative estimate of drug-likeness (QED) is 0.886. The topological polar surface area (TPSA) is 63.8 Å². The van der Waals surface area contributed by atoms with Gasteiger partial charge in [-0.3, -0.25) is 0 Å². The molecule has 0 spiro atoms. The third kappa shape index (κ3) is 3.48. The highest BCUT2D eigenvalue weighted by Crippen LogP contribution is 2.19. The van der Waals surface area contributed by atoms with Gasteiger partial charge in [0.2, 0.25) is 0 Å². The smallest absolute Gasteiger partial charge is 0.149 e. The lowest BCUT2D eigenvalue weighted by molar-refractivity contribution is 0.576. The number of nitrogens with zero attached hydrogens (tertiary/aromatic N) is 2. The Morgan fingerprint density at radius 2 is 2.00 bits per heavy atom. The number of benzene rings is 1. The molecule has 2 aromatic rings. The molecule has 100 valence electrons. The molecule has 0 radical (unpaired) electrons. The van der Waals surface area contributed by atoms with Crippen molar-refractivity contribution >= 4 is 5.82 Å². The molecule has 0 amide bonds. The van der Waals surface area contributed by atoms with Crippen LogP contribution in [-0.2, 0) is 0 Å². The van der Waals surface area contributed by atoms with E-state index in [4.69, 9.17) is 5.73 Å². The zero-order valence-electron chi connectivity index (χ0n) is 11.0. The van der Waals surface area contributed by atoms with Crippen LogP contribution in [0.2, 0.25) is 0 Å². The average molecular weight is 260 g/mol. The van der Waals surface area contributed by atoms with Gasteiger partial charge in [-0.15, -0.1) is 10.2 Å². The number of rotatable bonds is 4. The normalized spacial score (nSPS) is 11.4. The molecule has 2 rings (SSSR count). The SMILES string of the molecule is CC(C)(CN)Nc1ccc(-c2cccc(F)c2)nn1. The van der Waals surface area contributed by atoms with Gasteiger partial charge >= 0.3 is 0 Å². The lowest BCUT2D eigenvalue weighted by Crippen LogP contribution is -2.39. The van der Waals surface area contributed by atoms with E-state index in [0.29, 0.717) is 23.6 Å². The van der Waals surface area contributed by atoms with Crippen LogP contribution < -0.4 is 11.1 Å². The molecule has 0 aliphatic rings. The lowest BCUT2D eigenvalue weighted by atomic mass is 10.1. The number of hydrogen-bond donors (Lipinski definition) is 2. The van der Waals surface area contributed by atoms with Crippen molar-refractivity contribution in [3.63, 3.8) is 0 Å². The van der Waals surface area contributed by atoms with Crippen molar-refractivity contribution in [1.82, 2.24) is 10.2 Å². The molecular weight excluding hydrogens is 243 g/mol. The minimum Gasteiger partial charge on any atom is -0.362 e. The largest absolute Gasteiger partial charge is 0.362 e. The summed E-state index contributed by atoms with van der Waals surface area (Å²) < 4.78 is 13.1. The van der Waals surface area contributed by atoms with Crippen LogP contribution in [0.4, 0.5) is 10.2 Å². The van der Waals surface area contributed by atoms with Crippen molar-refractivity contribution < 1.29 is 4.39 Å². The molecule has 0 bridgehead atoms. The fraction of sp³-hybridized carbons (Fsp3) is 0.286. The third-order valence-corrected chi connectivity index (χ3v) is 2.76. The van der Waals surface area contributed by atoms with E-state index in [0.717, 1.165) is 0 Å². The molecule has 0 saturated carbocycles. The van der Waals surface area contributed by atoms with E-state index in [2.05, 4.69) is 15.5 Å². The third-order valence-electron chi connectivity index (χ3n) is 2.76. The molecule has 0 aliphatic heterocycles. The van der Waals surface area contributed by atoms with Crippen LogP contribution in [0, 0.1) is 5.82 Å². The maximum absolute atomic E-state index is 13.1. The second-order valence-corrected chi connectivity index (χ2v) is 5.03. The van der Waals surface area contributed by atoms with Crippen molar-refractivity contribution in [3.8, 4) is 11.3 Å². The zero-order valence-corrected chi connectivity index (χ0v) is 11.0. The zero-order chi connectivity index (χ0) is 13.9. The minimum absolute atomic E-state index is 0.241. The summed E-state index contributed by atoms with van der Waals surface area (Å²) in [6, 6.07) is 9.89. The van der Waals surface area contributed by atoms with Gasteiger partial charge in [-0.05, 0) is 38.1 Å². The minimum atomic E-state index is -0.286. The van der Waals surface area contributed by atoms with Gasteiger partial charge in [0.15, 0.2) is 0 Å². The van der Waals surface area contributed by atoms with Gasteiger partial charge in [-0.25, -0.2) is 4.39 Å². The molecule has 1 heterocycles. The average Bonchev–Trinajstić information content (AvgIpc) is 2.39. The highest BCUT2D eigenvalue weighted by Gasteiger charge is 2.15. The molecule has 0 fully saturated rings. The Hall–Kier alpha value is -2.01. The second kappa shape index (κ2) is 5.32. The van der Waals surface area contributed by atoms with E-state index in [-0.39, 0.29) is 11.4 Å². The molecule has 0 unspecified atom stereocenters. The second-order valence-electron chi connectivity index (χ2n) is 5.03. The van der Waals surface area contributed by atoms with Crippen LogP contribution >= 0.6 is 0 Å². The van der Waals surface area contributed by atoms with Gasteiger partial charge in [0.05, 0.1) is 5.69 Å². The molecular formula is C14H17FN4. The lowest BCUT2D eigenvalue weighted by Gasteiger charge is -2.24. The molecule has 3 N–H and O–H groups in total. The van der Waals surface area contributed by atoms with E-state index in [1.165, 1.54) is 12.1 Å². The number of halogens is 1. The first-order valence-corrected chi connectivity index (χ1v) is 6.08. The first-order valence-electron chi connectivity index (χ1n) is 6.08. The standard InChI is InChI=1S/C14H17FN4/c1-14(2,9-16)17-13-7-6-12(18-19-13)10-4-3-5-11(15)8-10/h3-8H,9,16H2,1-2H3,(H,17,19).